The van der Waals surface area contributed by atoms with Crippen LogP contribution in [-0.2, 0) is 16.6 Å². The molecular formula is C19H24ClN3O4S. The van der Waals surface area contributed by atoms with Gasteiger partial charge in [-0.25, -0.2) is 8.42 Å². The molecule has 0 radical (unpaired) electrons. The molecule has 1 heterocycles. The van der Waals surface area contributed by atoms with Gasteiger partial charge in [-0.3, -0.25) is 9.59 Å². The van der Waals surface area contributed by atoms with E-state index in [-0.39, 0.29) is 33.6 Å². The number of halogens is 1. The number of H-pyrrole nitrogens is 1. The summed E-state index contributed by atoms with van der Waals surface area (Å²) in [4.78, 5) is 27.3. The van der Waals surface area contributed by atoms with Crippen LogP contribution in [0.2, 0.25) is 5.02 Å². The molecule has 1 amide bonds. The first-order valence-corrected chi connectivity index (χ1v) is 10.5. The number of carbonyl (C=O) groups excluding carboxylic acids is 1. The predicted molar refractivity (Wildman–Crippen MR) is 109 cm³/mol. The van der Waals surface area contributed by atoms with Gasteiger partial charge in [0.05, 0.1) is 15.5 Å². The second kappa shape index (κ2) is 8.46. The van der Waals surface area contributed by atoms with Crippen molar-refractivity contribution in [2.75, 3.05) is 7.05 Å². The van der Waals surface area contributed by atoms with Crippen molar-refractivity contribution >= 4 is 27.5 Å². The Morgan fingerprint density at radius 1 is 1.25 bits per heavy atom. The largest absolute Gasteiger partial charge is 0.348 e. The number of pyridine rings is 1. The van der Waals surface area contributed by atoms with Crippen molar-refractivity contribution in [3.63, 3.8) is 0 Å². The Kier molecular flexibility index (Phi) is 6.69. The molecule has 9 heteroatoms. The number of sulfonamides is 1. The van der Waals surface area contributed by atoms with Crippen molar-refractivity contribution < 1.29 is 13.2 Å². The fourth-order valence-electron chi connectivity index (χ4n) is 2.65. The summed E-state index contributed by atoms with van der Waals surface area (Å²) in [5.41, 5.74) is 1.66. The van der Waals surface area contributed by atoms with Crippen molar-refractivity contribution in [2.24, 2.45) is 0 Å². The molecule has 0 aliphatic heterocycles. The Labute approximate surface area is 169 Å². The fraction of sp³-hybridized carbons (Fsp3) is 0.368. The van der Waals surface area contributed by atoms with Gasteiger partial charge in [0, 0.05) is 30.9 Å². The number of amides is 1. The van der Waals surface area contributed by atoms with Gasteiger partial charge < -0.3 is 10.3 Å². The van der Waals surface area contributed by atoms with E-state index in [2.05, 4.69) is 10.3 Å². The predicted octanol–water partition coefficient (Wildman–Crippen LogP) is 2.60. The monoisotopic (exact) mass is 425 g/mol. The number of benzene rings is 1. The zero-order valence-corrected chi connectivity index (χ0v) is 18.0. The van der Waals surface area contributed by atoms with Gasteiger partial charge in [0.2, 0.25) is 10.0 Å². The molecule has 2 rings (SSSR count). The minimum atomic E-state index is -3.76. The van der Waals surface area contributed by atoms with Gasteiger partial charge in [0.1, 0.15) is 0 Å². The van der Waals surface area contributed by atoms with E-state index in [4.69, 9.17) is 11.6 Å². The average molecular weight is 426 g/mol. The molecule has 152 valence electrons. The molecule has 0 atom stereocenters. The Morgan fingerprint density at radius 2 is 1.89 bits per heavy atom. The normalized spacial score (nSPS) is 11.9. The molecule has 7 nitrogen and oxygen atoms in total. The number of aromatic amines is 1. The topological polar surface area (TPSA) is 99.3 Å². The van der Waals surface area contributed by atoms with Gasteiger partial charge in [0.25, 0.3) is 11.5 Å². The zero-order chi connectivity index (χ0) is 21.2. The van der Waals surface area contributed by atoms with Crippen LogP contribution >= 0.6 is 11.6 Å². The molecule has 0 unspecified atom stereocenters. The highest BCUT2D eigenvalue weighted by Gasteiger charge is 2.25. The number of nitrogens with one attached hydrogen (secondary N) is 2. The van der Waals surface area contributed by atoms with Crippen LogP contribution in [0, 0.1) is 13.8 Å². The molecular weight excluding hydrogens is 402 g/mol. The van der Waals surface area contributed by atoms with E-state index >= 15 is 0 Å². The molecule has 0 saturated heterocycles. The third-order valence-electron chi connectivity index (χ3n) is 4.51. The molecule has 2 aromatic rings. The van der Waals surface area contributed by atoms with E-state index in [9.17, 15) is 18.0 Å². The van der Waals surface area contributed by atoms with E-state index in [0.717, 1.165) is 11.3 Å². The van der Waals surface area contributed by atoms with Crippen LogP contribution in [0.1, 0.15) is 41.0 Å². The highest BCUT2D eigenvalue weighted by Crippen LogP contribution is 2.23. The van der Waals surface area contributed by atoms with Gasteiger partial charge in [-0.15, -0.1) is 0 Å². The number of rotatable bonds is 6. The number of aryl methyl sites for hydroxylation is 2. The number of nitrogens with zero attached hydrogens (tertiary/aromatic N) is 1. The van der Waals surface area contributed by atoms with E-state index in [1.165, 1.54) is 29.6 Å². The molecule has 0 bridgehead atoms. The molecule has 28 heavy (non-hydrogen) atoms. The lowest BCUT2D eigenvalue weighted by Gasteiger charge is -2.21. The first kappa shape index (κ1) is 22.1. The first-order valence-electron chi connectivity index (χ1n) is 8.70. The van der Waals surface area contributed by atoms with Crippen molar-refractivity contribution in [3.8, 4) is 0 Å². The lowest BCUT2D eigenvalue weighted by Crippen LogP contribution is -2.33. The second-order valence-electron chi connectivity index (χ2n) is 6.88. The summed E-state index contributed by atoms with van der Waals surface area (Å²) in [7, 11) is -2.28. The van der Waals surface area contributed by atoms with E-state index < -0.39 is 15.9 Å². The van der Waals surface area contributed by atoms with Crippen LogP contribution in [0.25, 0.3) is 0 Å². The standard InChI is InChI=1S/C19H24ClN3O4S/c1-11(2)23(5)28(26,27)14-6-7-17(20)15(9-14)18(24)21-10-16-12(3)8-13(4)22-19(16)25/h6-9,11H,10H2,1-5H3,(H,21,24)(H,22,25). The van der Waals surface area contributed by atoms with Crippen LogP contribution in [0.4, 0.5) is 0 Å². The summed E-state index contributed by atoms with van der Waals surface area (Å²) < 4.78 is 26.5. The number of hydrogen-bond acceptors (Lipinski definition) is 4. The van der Waals surface area contributed by atoms with Gasteiger partial charge in [-0.05, 0) is 57.5 Å². The fourth-order valence-corrected chi connectivity index (χ4v) is 4.25. The Bertz CT molecular complexity index is 1060. The summed E-state index contributed by atoms with van der Waals surface area (Å²) in [6.07, 6.45) is 0. The average Bonchev–Trinajstić information content (AvgIpc) is 2.59. The highest BCUT2D eigenvalue weighted by molar-refractivity contribution is 7.89. The smallest absolute Gasteiger partial charge is 0.253 e. The summed E-state index contributed by atoms with van der Waals surface area (Å²) in [5.74, 6) is -0.561. The van der Waals surface area contributed by atoms with E-state index in [0.29, 0.717) is 5.56 Å². The van der Waals surface area contributed by atoms with Gasteiger partial charge in [0.15, 0.2) is 0 Å². The van der Waals surface area contributed by atoms with Gasteiger partial charge in [-0.2, -0.15) is 4.31 Å². The lowest BCUT2D eigenvalue weighted by molar-refractivity contribution is 0.0950. The molecule has 1 aromatic heterocycles. The molecule has 0 saturated carbocycles. The quantitative estimate of drug-likeness (QED) is 0.742. The molecule has 0 aliphatic carbocycles. The third kappa shape index (κ3) is 4.63. The second-order valence-corrected chi connectivity index (χ2v) is 9.29. The van der Waals surface area contributed by atoms with Gasteiger partial charge >= 0.3 is 0 Å². The van der Waals surface area contributed by atoms with Crippen LogP contribution in [0.5, 0.6) is 0 Å². The molecule has 1 aromatic carbocycles. The molecule has 2 N–H and O–H groups in total. The number of carbonyl (C=O) groups is 1. The SMILES string of the molecule is Cc1cc(C)c(CNC(=O)c2cc(S(=O)(=O)N(C)C(C)C)ccc2Cl)c(=O)[nH]1. The maximum atomic E-state index is 12.7. The molecule has 0 fully saturated rings. The zero-order valence-electron chi connectivity index (χ0n) is 16.5. The van der Waals surface area contributed by atoms with E-state index in [1.807, 2.05) is 6.07 Å². The number of hydrogen-bond donors (Lipinski definition) is 2. The minimum Gasteiger partial charge on any atom is -0.348 e. The molecule has 0 aliphatic rings. The third-order valence-corrected chi connectivity index (χ3v) is 6.87. The summed E-state index contributed by atoms with van der Waals surface area (Å²) >= 11 is 6.11. The Balaban J connectivity index is 2.31. The van der Waals surface area contributed by atoms with Crippen molar-refractivity contribution in [1.29, 1.82) is 0 Å². The maximum absolute atomic E-state index is 12.7. The summed E-state index contributed by atoms with van der Waals surface area (Å²) in [5, 5.41) is 2.76. The Hall–Kier alpha value is -2.16. The van der Waals surface area contributed by atoms with Crippen LogP contribution in [-0.4, -0.2) is 36.7 Å². The van der Waals surface area contributed by atoms with Crippen molar-refractivity contribution in [1.82, 2.24) is 14.6 Å². The van der Waals surface area contributed by atoms with Crippen molar-refractivity contribution in [3.05, 3.63) is 62.0 Å². The highest BCUT2D eigenvalue weighted by atomic mass is 35.5. The lowest BCUT2D eigenvalue weighted by atomic mass is 10.1. The first-order chi connectivity index (χ1) is 12.9. The van der Waals surface area contributed by atoms with Crippen LogP contribution in [0.15, 0.2) is 34.0 Å². The Morgan fingerprint density at radius 3 is 2.46 bits per heavy atom. The van der Waals surface area contributed by atoms with Crippen molar-refractivity contribution in [2.45, 2.75) is 45.2 Å². The minimum absolute atomic E-state index is 0.000513. The van der Waals surface area contributed by atoms with E-state index in [1.54, 1.807) is 27.7 Å². The molecule has 0 spiro atoms. The summed E-state index contributed by atoms with van der Waals surface area (Å²) in [6, 6.07) is 5.56. The maximum Gasteiger partial charge on any atom is 0.253 e. The van der Waals surface area contributed by atoms with Crippen LogP contribution in [0.3, 0.4) is 0 Å². The number of aromatic nitrogens is 1. The van der Waals surface area contributed by atoms with Gasteiger partial charge in [-0.1, -0.05) is 11.6 Å². The summed E-state index contributed by atoms with van der Waals surface area (Å²) in [6.45, 7) is 7.06. The van der Waals surface area contributed by atoms with Crippen LogP contribution < -0.4 is 10.9 Å².